The van der Waals surface area contributed by atoms with E-state index in [1.54, 1.807) is 0 Å². The number of aryl methyl sites for hydroxylation is 1. The van der Waals surface area contributed by atoms with Crippen LogP contribution in [0.2, 0.25) is 0 Å². The van der Waals surface area contributed by atoms with Crippen molar-refractivity contribution >= 4 is 28.3 Å². The van der Waals surface area contributed by atoms with Crippen LogP contribution in [0.4, 0.5) is 11.5 Å². The van der Waals surface area contributed by atoms with E-state index in [1.165, 1.54) is 5.69 Å². The number of para-hydroxylation sites is 1. The molecule has 1 aromatic heterocycles. The second-order valence-corrected chi connectivity index (χ2v) is 8.47. The number of carbonyl (C=O) groups is 1. The molecule has 1 saturated carbocycles. The third kappa shape index (κ3) is 4.56. The van der Waals surface area contributed by atoms with Crippen LogP contribution < -0.4 is 15.5 Å². The molecule has 0 radical (unpaired) electrons. The van der Waals surface area contributed by atoms with Gasteiger partial charge in [0, 0.05) is 48.9 Å². The number of hydrogen-bond acceptors (Lipinski definition) is 4. The Labute approximate surface area is 178 Å². The molecular weight excluding hydrogens is 372 g/mol. The largest absolute Gasteiger partial charge is 0.377 e. The van der Waals surface area contributed by atoms with E-state index in [2.05, 4.69) is 53.9 Å². The third-order valence-electron chi connectivity index (χ3n) is 5.90. The summed E-state index contributed by atoms with van der Waals surface area (Å²) in [5.74, 6) is 0.947. The predicted octanol–water partition coefficient (Wildman–Crippen LogP) is 4.76. The number of aromatic nitrogens is 1. The molecule has 1 heterocycles. The van der Waals surface area contributed by atoms with E-state index >= 15 is 0 Å². The molecule has 0 saturated heterocycles. The predicted molar refractivity (Wildman–Crippen MR) is 124 cm³/mol. The fraction of sp³-hybridized carbons (Fsp3) is 0.360. The molecule has 5 heteroatoms. The summed E-state index contributed by atoms with van der Waals surface area (Å²) in [7, 11) is 4.13. The molecule has 4 rings (SSSR count). The molecule has 2 aromatic carbocycles. The molecule has 3 aromatic rings. The lowest BCUT2D eigenvalue weighted by Crippen LogP contribution is -2.40. The lowest BCUT2D eigenvalue weighted by Gasteiger charge is -2.30. The van der Waals surface area contributed by atoms with Crippen molar-refractivity contribution in [3.63, 3.8) is 0 Å². The number of anilines is 2. The highest BCUT2D eigenvalue weighted by molar-refractivity contribution is 5.94. The van der Waals surface area contributed by atoms with Gasteiger partial charge in [-0.25, -0.2) is 4.98 Å². The van der Waals surface area contributed by atoms with Gasteiger partial charge >= 0.3 is 0 Å². The number of fused-ring (bicyclic) bond motifs is 1. The zero-order valence-corrected chi connectivity index (χ0v) is 18.0. The Bertz CT molecular complexity index is 1020. The van der Waals surface area contributed by atoms with Crippen molar-refractivity contribution in [2.75, 3.05) is 24.3 Å². The van der Waals surface area contributed by atoms with E-state index in [1.807, 2.05) is 37.3 Å². The Kier molecular flexibility index (Phi) is 5.88. The van der Waals surface area contributed by atoms with Gasteiger partial charge < -0.3 is 15.5 Å². The molecule has 0 atom stereocenters. The quantitative estimate of drug-likeness (QED) is 0.646. The van der Waals surface area contributed by atoms with Crippen LogP contribution in [0.1, 0.15) is 41.6 Å². The first-order chi connectivity index (χ1) is 14.5. The summed E-state index contributed by atoms with van der Waals surface area (Å²) < 4.78 is 0. The van der Waals surface area contributed by atoms with Crippen LogP contribution in [0.3, 0.4) is 0 Å². The number of carbonyl (C=O) groups excluding carboxylic acids is 1. The van der Waals surface area contributed by atoms with Crippen molar-refractivity contribution in [1.82, 2.24) is 10.3 Å². The molecule has 0 bridgehead atoms. The zero-order chi connectivity index (χ0) is 21.1. The van der Waals surface area contributed by atoms with Gasteiger partial charge in [-0.05, 0) is 50.8 Å². The van der Waals surface area contributed by atoms with Crippen LogP contribution in [-0.2, 0) is 0 Å². The van der Waals surface area contributed by atoms with Gasteiger partial charge in [0.05, 0.1) is 5.52 Å². The number of pyridine rings is 1. The van der Waals surface area contributed by atoms with E-state index in [0.29, 0.717) is 6.04 Å². The first kappa shape index (κ1) is 20.2. The van der Waals surface area contributed by atoms with Gasteiger partial charge in [0.25, 0.3) is 5.91 Å². The normalized spacial score (nSPS) is 18.8. The summed E-state index contributed by atoms with van der Waals surface area (Å²) >= 11 is 0. The van der Waals surface area contributed by atoms with E-state index in [0.717, 1.165) is 53.5 Å². The SMILES string of the molecule is Cc1ccc(C(=O)N[C@H]2CC[C@@H](Nc3cc(N(C)C)c4ccccc4n3)CC2)cc1. The van der Waals surface area contributed by atoms with E-state index in [4.69, 9.17) is 4.98 Å². The van der Waals surface area contributed by atoms with E-state index in [9.17, 15) is 4.79 Å². The summed E-state index contributed by atoms with van der Waals surface area (Å²) in [5.41, 5.74) is 4.07. The smallest absolute Gasteiger partial charge is 0.251 e. The van der Waals surface area contributed by atoms with Crippen LogP contribution >= 0.6 is 0 Å². The summed E-state index contributed by atoms with van der Waals surface area (Å²) in [4.78, 5) is 19.4. The van der Waals surface area contributed by atoms with Crippen molar-refractivity contribution in [3.8, 4) is 0 Å². The Hall–Kier alpha value is -3.08. The molecule has 0 aliphatic heterocycles. The van der Waals surface area contributed by atoms with Gasteiger partial charge in [-0.1, -0.05) is 35.9 Å². The molecule has 1 fully saturated rings. The fourth-order valence-electron chi connectivity index (χ4n) is 4.17. The number of rotatable bonds is 5. The van der Waals surface area contributed by atoms with Crippen LogP contribution in [0, 0.1) is 6.92 Å². The summed E-state index contributed by atoms with van der Waals surface area (Å²) in [6.45, 7) is 2.03. The standard InChI is InChI=1S/C25H30N4O/c1-17-8-10-18(11-9-17)25(30)27-20-14-12-19(13-15-20)26-24-16-23(29(2)3)21-6-4-5-7-22(21)28-24/h4-11,16,19-20H,12-15H2,1-3H3,(H,26,28)(H,27,30)/t19-,20+. The molecule has 156 valence electrons. The van der Waals surface area contributed by atoms with Crippen LogP contribution in [0.15, 0.2) is 54.6 Å². The van der Waals surface area contributed by atoms with Gasteiger partial charge in [0.2, 0.25) is 0 Å². The molecule has 5 nitrogen and oxygen atoms in total. The summed E-state index contributed by atoms with van der Waals surface area (Å²) in [6.07, 6.45) is 3.99. The van der Waals surface area contributed by atoms with Crippen molar-refractivity contribution in [2.24, 2.45) is 0 Å². The minimum Gasteiger partial charge on any atom is -0.377 e. The molecule has 1 aliphatic rings. The topological polar surface area (TPSA) is 57.3 Å². The van der Waals surface area contributed by atoms with Crippen molar-refractivity contribution in [2.45, 2.75) is 44.7 Å². The number of benzene rings is 2. The van der Waals surface area contributed by atoms with Crippen LogP contribution in [-0.4, -0.2) is 37.1 Å². The van der Waals surface area contributed by atoms with Crippen molar-refractivity contribution < 1.29 is 4.79 Å². The maximum atomic E-state index is 12.5. The molecule has 0 unspecified atom stereocenters. The Morgan fingerprint density at radius 1 is 0.967 bits per heavy atom. The Balaban J connectivity index is 1.37. The number of amides is 1. The van der Waals surface area contributed by atoms with Crippen LogP contribution in [0.5, 0.6) is 0 Å². The minimum absolute atomic E-state index is 0.0261. The molecule has 30 heavy (non-hydrogen) atoms. The Morgan fingerprint density at radius 2 is 1.63 bits per heavy atom. The van der Waals surface area contributed by atoms with Crippen molar-refractivity contribution in [1.29, 1.82) is 0 Å². The van der Waals surface area contributed by atoms with Crippen molar-refractivity contribution in [3.05, 3.63) is 65.7 Å². The average molecular weight is 403 g/mol. The molecule has 1 amide bonds. The van der Waals surface area contributed by atoms with Gasteiger partial charge in [-0.2, -0.15) is 0 Å². The van der Waals surface area contributed by atoms with E-state index < -0.39 is 0 Å². The monoisotopic (exact) mass is 402 g/mol. The first-order valence-electron chi connectivity index (χ1n) is 10.7. The van der Waals surface area contributed by atoms with E-state index in [-0.39, 0.29) is 11.9 Å². The maximum Gasteiger partial charge on any atom is 0.251 e. The number of nitrogens with zero attached hydrogens (tertiary/aromatic N) is 2. The molecule has 1 aliphatic carbocycles. The van der Waals surface area contributed by atoms with Gasteiger partial charge in [-0.3, -0.25) is 4.79 Å². The average Bonchev–Trinajstić information content (AvgIpc) is 2.75. The van der Waals surface area contributed by atoms with Gasteiger partial charge in [-0.15, -0.1) is 0 Å². The second-order valence-electron chi connectivity index (χ2n) is 8.47. The number of hydrogen-bond donors (Lipinski definition) is 2. The second kappa shape index (κ2) is 8.74. The fourth-order valence-corrected chi connectivity index (χ4v) is 4.17. The number of nitrogens with one attached hydrogen (secondary N) is 2. The molecular formula is C25H30N4O. The lowest BCUT2D eigenvalue weighted by molar-refractivity contribution is 0.0926. The lowest BCUT2D eigenvalue weighted by atomic mass is 9.91. The highest BCUT2D eigenvalue weighted by Gasteiger charge is 2.23. The minimum atomic E-state index is 0.0261. The molecule has 2 N–H and O–H groups in total. The zero-order valence-electron chi connectivity index (χ0n) is 18.0. The van der Waals surface area contributed by atoms with Gasteiger partial charge in [0.1, 0.15) is 5.82 Å². The third-order valence-corrected chi connectivity index (χ3v) is 5.90. The Morgan fingerprint density at radius 3 is 2.33 bits per heavy atom. The first-order valence-corrected chi connectivity index (χ1v) is 10.7. The van der Waals surface area contributed by atoms with Gasteiger partial charge in [0.15, 0.2) is 0 Å². The maximum absolute atomic E-state index is 12.5. The summed E-state index contributed by atoms with van der Waals surface area (Å²) in [5, 5.41) is 7.99. The molecule has 0 spiro atoms. The summed E-state index contributed by atoms with van der Waals surface area (Å²) in [6, 6.07) is 18.7. The highest BCUT2D eigenvalue weighted by Crippen LogP contribution is 2.29. The van der Waals surface area contributed by atoms with Crippen LogP contribution in [0.25, 0.3) is 10.9 Å². The highest BCUT2D eigenvalue weighted by atomic mass is 16.1.